The van der Waals surface area contributed by atoms with Crippen molar-refractivity contribution in [3.05, 3.63) is 10.6 Å². The number of hydrogen-bond acceptors (Lipinski definition) is 5. The summed E-state index contributed by atoms with van der Waals surface area (Å²) >= 11 is 1.02. The van der Waals surface area contributed by atoms with Crippen molar-refractivity contribution in [1.29, 1.82) is 0 Å². The minimum absolute atomic E-state index is 0.293. The topological polar surface area (TPSA) is 83.4 Å². The Bertz CT molecular complexity index is 465. The fraction of sp³-hybridized carbons (Fsp3) is 0.667. The van der Waals surface area contributed by atoms with E-state index in [0.717, 1.165) is 11.5 Å². The summed E-state index contributed by atoms with van der Waals surface area (Å²) in [5.74, 6) is -1.32. The lowest BCUT2D eigenvalue weighted by Crippen LogP contribution is -2.37. The highest BCUT2D eigenvalue weighted by Gasteiger charge is 2.29. The summed E-state index contributed by atoms with van der Waals surface area (Å²) in [7, 11) is 0. The molecule has 0 aromatic carbocycles. The highest BCUT2D eigenvalue weighted by molar-refractivity contribution is 7.08. The second-order valence-electron chi connectivity index (χ2n) is 5.32. The normalized spacial score (nSPS) is 11.4. The number of aliphatic carboxylic acids is 1. The molecule has 0 unspecified atom stereocenters. The highest BCUT2D eigenvalue weighted by atomic mass is 32.1. The van der Waals surface area contributed by atoms with Crippen LogP contribution in [0, 0.1) is 0 Å². The van der Waals surface area contributed by atoms with Crippen LogP contribution in [0.15, 0.2) is 0 Å². The maximum atomic E-state index is 12.4. The summed E-state index contributed by atoms with van der Waals surface area (Å²) in [6.07, 6.45) is 0.704. The van der Waals surface area contributed by atoms with E-state index in [0.29, 0.717) is 23.5 Å². The summed E-state index contributed by atoms with van der Waals surface area (Å²) in [5, 5.41) is 12.9. The van der Waals surface area contributed by atoms with E-state index in [1.54, 1.807) is 0 Å². The largest absolute Gasteiger partial charge is 0.480 e. The standard InChI is InChI=1S/C12H19N3O3S/c1-5-6-15(7-8(16)17)11(18)9-10(12(2,3)4)13-14-19-9/h5-7H2,1-4H3,(H,16,17). The van der Waals surface area contributed by atoms with Gasteiger partial charge in [0, 0.05) is 12.0 Å². The van der Waals surface area contributed by atoms with Crippen molar-refractivity contribution in [1.82, 2.24) is 14.5 Å². The number of carboxylic acids is 1. The van der Waals surface area contributed by atoms with Crippen LogP contribution in [-0.2, 0) is 10.2 Å². The Morgan fingerprint density at radius 2 is 2.00 bits per heavy atom. The lowest BCUT2D eigenvalue weighted by atomic mass is 9.91. The van der Waals surface area contributed by atoms with Crippen LogP contribution in [0.25, 0.3) is 0 Å². The molecule has 7 heteroatoms. The van der Waals surface area contributed by atoms with Gasteiger partial charge in [-0.2, -0.15) is 0 Å². The Morgan fingerprint density at radius 3 is 2.47 bits per heavy atom. The third-order valence-electron chi connectivity index (χ3n) is 2.50. The van der Waals surface area contributed by atoms with Crippen molar-refractivity contribution >= 4 is 23.4 Å². The number of carbonyl (C=O) groups is 2. The molecule has 6 nitrogen and oxygen atoms in total. The maximum Gasteiger partial charge on any atom is 0.323 e. The van der Waals surface area contributed by atoms with Crippen LogP contribution < -0.4 is 0 Å². The lowest BCUT2D eigenvalue weighted by molar-refractivity contribution is -0.137. The van der Waals surface area contributed by atoms with E-state index >= 15 is 0 Å². The van der Waals surface area contributed by atoms with Gasteiger partial charge in [-0.1, -0.05) is 32.2 Å². The van der Waals surface area contributed by atoms with Gasteiger partial charge in [0.1, 0.15) is 11.4 Å². The monoisotopic (exact) mass is 285 g/mol. The average molecular weight is 285 g/mol. The van der Waals surface area contributed by atoms with E-state index < -0.39 is 5.97 Å². The predicted molar refractivity (Wildman–Crippen MR) is 72.4 cm³/mol. The minimum atomic E-state index is -1.02. The van der Waals surface area contributed by atoms with E-state index in [1.165, 1.54) is 4.90 Å². The minimum Gasteiger partial charge on any atom is -0.480 e. The van der Waals surface area contributed by atoms with Gasteiger partial charge in [-0.15, -0.1) is 5.10 Å². The van der Waals surface area contributed by atoms with E-state index in [1.807, 2.05) is 27.7 Å². The van der Waals surface area contributed by atoms with Gasteiger partial charge in [-0.3, -0.25) is 9.59 Å². The molecule has 0 radical (unpaired) electrons. The van der Waals surface area contributed by atoms with Gasteiger partial charge >= 0.3 is 5.97 Å². The van der Waals surface area contributed by atoms with Crippen molar-refractivity contribution in [2.24, 2.45) is 0 Å². The third kappa shape index (κ3) is 3.99. The highest BCUT2D eigenvalue weighted by Crippen LogP contribution is 2.26. The summed E-state index contributed by atoms with van der Waals surface area (Å²) in [5.41, 5.74) is 0.327. The average Bonchev–Trinajstić information content (AvgIpc) is 2.75. The summed E-state index contributed by atoms with van der Waals surface area (Å²) in [4.78, 5) is 25.0. The van der Waals surface area contributed by atoms with Gasteiger partial charge in [0.25, 0.3) is 5.91 Å². The summed E-state index contributed by atoms with van der Waals surface area (Å²) in [6.45, 7) is 7.85. The molecule has 1 rings (SSSR count). The van der Waals surface area contributed by atoms with Gasteiger partial charge in [-0.05, 0) is 18.0 Å². The molecular formula is C12H19N3O3S. The van der Waals surface area contributed by atoms with Crippen LogP contribution in [0.2, 0.25) is 0 Å². The zero-order chi connectivity index (χ0) is 14.6. The van der Waals surface area contributed by atoms with Crippen molar-refractivity contribution in [2.45, 2.75) is 39.5 Å². The van der Waals surface area contributed by atoms with E-state index in [4.69, 9.17) is 5.11 Å². The van der Waals surface area contributed by atoms with Crippen molar-refractivity contribution in [3.8, 4) is 0 Å². The smallest absolute Gasteiger partial charge is 0.323 e. The molecule has 0 aliphatic carbocycles. The molecular weight excluding hydrogens is 266 g/mol. The molecule has 1 N–H and O–H groups in total. The fourth-order valence-electron chi connectivity index (χ4n) is 1.65. The molecule has 0 spiro atoms. The van der Waals surface area contributed by atoms with Crippen molar-refractivity contribution < 1.29 is 14.7 Å². The number of carbonyl (C=O) groups excluding carboxylic acids is 1. The predicted octanol–water partition coefficient (Wildman–Crippen LogP) is 1.77. The second kappa shape index (κ2) is 6.10. The quantitative estimate of drug-likeness (QED) is 0.891. The summed E-state index contributed by atoms with van der Waals surface area (Å²) < 4.78 is 3.83. The first kappa shape index (κ1) is 15.6. The molecule has 1 heterocycles. The molecule has 1 aromatic rings. The number of hydrogen-bond donors (Lipinski definition) is 1. The third-order valence-corrected chi connectivity index (χ3v) is 3.21. The van der Waals surface area contributed by atoms with Gasteiger partial charge in [0.15, 0.2) is 0 Å². The van der Waals surface area contributed by atoms with Gasteiger partial charge in [0.05, 0.1) is 5.69 Å². The Labute approximate surface area is 116 Å². The molecule has 19 heavy (non-hydrogen) atoms. The number of carboxylic acid groups (broad SMARTS) is 1. The molecule has 0 saturated heterocycles. The van der Waals surface area contributed by atoms with E-state index in [2.05, 4.69) is 9.59 Å². The molecule has 0 atom stereocenters. The second-order valence-corrected chi connectivity index (χ2v) is 6.08. The van der Waals surface area contributed by atoms with E-state index in [-0.39, 0.29) is 17.9 Å². The molecule has 0 aliphatic heterocycles. The molecule has 0 bridgehead atoms. The Hall–Kier alpha value is -1.50. The number of aromatic nitrogens is 2. The number of nitrogens with zero attached hydrogens (tertiary/aromatic N) is 3. The Kier molecular flexibility index (Phi) is 4.99. The first-order chi connectivity index (χ1) is 8.77. The number of amides is 1. The first-order valence-electron chi connectivity index (χ1n) is 6.11. The van der Waals surface area contributed by atoms with Gasteiger partial charge in [0.2, 0.25) is 0 Å². The first-order valence-corrected chi connectivity index (χ1v) is 6.88. The molecule has 1 amide bonds. The maximum absolute atomic E-state index is 12.4. The van der Waals surface area contributed by atoms with Crippen molar-refractivity contribution in [2.75, 3.05) is 13.1 Å². The van der Waals surface area contributed by atoms with Gasteiger partial charge in [-0.25, -0.2) is 0 Å². The van der Waals surface area contributed by atoms with Crippen LogP contribution in [0.1, 0.15) is 49.5 Å². The zero-order valence-electron chi connectivity index (χ0n) is 11.6. The molecule has 0 fully saturated rings. The zero-order valence-corrected chi connectivity index (χ0v) is 12.5. The fourth-order valence-corrected chi connectivity index (χ4v) is 2.50. The van der Waals surface area contributed by atoms with Gasteiger partial charge < -0.3 is 10.0 Å². The number of rotatable bonds is 5. The van der Waals surface area contributed by atoms with Crippen LogP contribution >= 0.6 is 11.5 Å². The summed E-state index contributed by atoms with van der Waals surface area (Å²) in [6, 6.07) is 0. The SMILES string of the molecule is CCCN(CC(=O)O)C(=O)c1snnc1C(C)(C)C. The Balaban J connectivity index is 3.03. The van der Waals surface area contributed by atoms with Crippen LogP contribution in [-0.4, -0.2) is 44.6 Å². The van der Waals surface area contributed by atoms with Crippen LogP contribution in [0.3, 0.4) is 0 Å². The Morgan fingerprint density at radius 1 is 1.37 bits per heavy atom. The van der Waals surface area contributed by atoms with Crippen LogP contribution in [0.4, 0.5) is 0 Å². The molecule has 106 valence electrons. The molecule has 1 aromatic heterocycles. The van der Waals surface area contributed by atoms with Crippen molar-refractivity contribution in [3.63, 3.8) is 0 Å². The van der Waals surface area contributed by atoms with Crippen LogP contribution in [0.5, 0.6) is 0 Å². The molecule has 0 saturated carbocycles. The molecule has 0 aliphatic rings. The lowest BCUT2D eigenvalue weighted by Gasteiger charge is -2.22. The van der Waals surface area contributed by atoms with E-state index in [9.17, 15) is 9.59 Å².